The lowest BCUT2D eigenvalue weighted by atomic mass is 9.83. The zero-order valence-electron chi connectivity index (χ0n) is 35.7. The number of fused-ring (bicyclic) bond motifs is 2. The molecule has 2 aliphatic carbocycles. The minimum atomic E-state index is -4.68. The number of nitrogens with zero attached hydrogens (tertiary/aromatic N) is 8. The fourth-order valence-corrected chi connectivity index (χ4v) is 10.7. The van der Waals surface area contributed by atoms with E-state index in [-0.39, 0.29) is 42.7 Å². The quantitative estimate of drug-likeness (QED) is 0.131. The number of alkyl halides is 4. The van der Waals surface area contributed by atoms with Gasteiger partial charge in [0.15, 0.2) is 0 Å². The van der Waals surface area contributed by atoms with Crippen LogP contribution in [0.5, 0.6) is 0 Å². The number of rotatable bonds is 9. The van der Waals surface area contributed by atoms with E-state index in [2.05, 4.69) is 30.3 Å². The number of benzene rings is 2. The summed E-state index contributed by atoms with van der Waals surface area (Å²) in [6.45, 7) is 5.05. The first-order valence-electron chi connectivity index (χ1n) is 22.6. The number of imidazole rings is 1. The van der Waals surface area contributed by atoms with Crippen molar-refractivity contribution < 1.29 is 31.9 Å². The number of aryl methyl sites for hydroxylation is 1. The molecular formula is C46H52F4N10O4. The van der Waals surface area contributed by atoms with Gasteiger partial charge in [0.05, 0.1) is 34.0 Å². The van der Waals surface area contributed by atoms with Crippen LogP contribution in [0, 0.1) is 5.92 Å². The Hall–Kier alpha value is -5.62. The van der Waals surface area contributed by atoms with Gasteiger partial charge in [-0.15, -0.1) is 0 Å². The Morgan fingerprint density at radius 2 is 1.64 bits per heavy atom. The molecule has 1 unspecified atom stereocenters. The number of anilines is 2. The van der Waals surface area contributed by atoms with Crippen molar-refractivity contribution in [3.8, 4) is 0 Å². The Labute approximate surface area is 366 Å². The maximum atomic E-state index is 16.3. The SMILES string of the molecule is Cn1c(=O)n(C2CCC(=O)NC2=O)c2cccc([C@@H]3CCN(CC4CCC(n5cc6cc(NC(=O)c7cccc(C(F)(F)F)n7)c(N7CCN(C8CC8)CC7)cc6n5)CC4)C[C@H]3F)c21. The molecule has 2 N–H and O–H groups in total. The van der Waals surface area contributed by atoms with Crippen molar-refractivity contribution >= 4 is 51.0 Å². The number of amides is 3. The van der Waals surface area contributed by atoms with Gasteiger partial charge in [0.1, 0.15) is 23.6 Å². The Morgan fingerprint density at radius 3 is 2.36 bits per heavy atom. The number of likely N-dealkylation sites (tertiary alicyclic amines) is 1. The number of pyridine rings is 1. The van der Waals surface area contributed by atoms with E-state index < -0.39 is 41.8 Å². The van der Waals surface area contributed by atoms with E-state index in [4.69, 9.17) is 5.10 Å². The van der Waals surface area contributed by atoms with Crippen molar-refractivity contribution in [2.75, 3.05) is 56.0 Å². The van der Waals surface area contributed by atoms with E-state index >= 15 is 4.39 Å². The molecule has 3 amide bonds. The van der Waals surface area contributed by atoms with Crippen LogP contribution < -0.4 is 21.2 Å². The summed E-state index contributed by atoms with van der Waals surface area (Å²) >= 11 is 0. The number of para-hydroxylation sites is 1. The molecule has 3 saturated heterocycles. The largest absolute Gasteiger partial charge is 0.433 e. The van der Waals surface area contributed by atoms with Crippen LogP contribution >= 0.6 is 0 Å². The predicted octanol–water partition coefficient (Wildman–Crippen LogP) is 6.18. The van der Waals surface area contributed by atoms with Crippen LogP contribution in [-0.4, -0.2) is 109 Å². The summed E-state index contributed by atoms with van der Waals surface area (Å²) in [7, 11) is 1.65. The number of nitrogens with one attached hydrogen (secondary N) is 2. The average Bonchev–Trinajstić information content (AvgIpc) is 4.00. The third-order valence-corrected chi connectivity index (χ3v) is 14.3. The smallest absolute Gasteiger partial charge is 0.367 e. The van der Waals surface area contributed by atoms with Crippen LogP contribution in [0.3, 0.4) is 0 Å². The summed E-state index contributed by atoms with van der Waals surface area (Å²) < 4.78 is 61.6. The highest BCUT2D eigenvalue weighted by molar-refractivity contribution is 6.06. The number of carbonyl (C=O) groups excluding carboxylic acids is 3. The molecule has 5 aliphatic rings. The number of aromatic nitrogens is 5. The summed E-state index contributed by atoms with van der Waals surface area (Å²) in [6, 6.07) is 12.6. The molecule has 2 saturated carbocycles. The lowest BCUT2D eigenvalue weighted by Gasteiger charge is -2.38. The van der Waals surface area contributed by atoms with Crippen LogP contribution in [0.25, 0.3) is 21.9 Å². The van der Waals surface area contributed by atoms with Crippen molar-refractivity contribution in [2.24, 2.45) is 13.0 Å². The Balaban J connectivity index is 0.801. The molecular weight excluding hydrogens is 833 g/mol. The normalized spacial score (nSPS) is 25.3. The van der Waals surface area contributed by atoms with Gasteiger partial charge in [-0.2, -0.15) is 18.3 Å². The second kappa shape index (κ2) is 16.7. The second-order valence-corrected chi connectivity index (χ2v) is 18.4. The van der Waals surface area contributed by atoms with Crippen molar-refractivity contribution in [1.82, 2.24) is 39.0 Å². The number of piperidine rings is 2. The molecule has 6 heterocycles. The summed E-state index contributed by atoms with van der Waals surface area (Å²) in [5.74, 6) is -1.59. The molecule has 0 spiro atoms. The third-order valence-electron chi connectivity index (χ3n) is 14.3. The third kappa shape index (κ3) is 8.18. The molecule has 2 aromatic carbocycles. The molecule has 338 valence electrons. The zero-order valence-corrected chi connectivity index (χ0v) is 35.7. The highest BCUT2D eigenvalue weighted by Crippen LogP contribution is 2.40. The van der Waals surface area contributed by atoms with Crippen LogP contribution in [0.4, 0.5) is 28.9 Å². The molecule has 3 aliphatic heterocycles. The average molecular weight is 885 g/mol. The van der Waals surface area contributed by atoms with Crippen LogP contribution in [0.2, 0.25) is 0 Å². The lowest BCUT2D eigenvalue weighted by molar-refractivity contribution is -0.141. The number of halogens is 4. The first-order valence-corrected chi connectivity index (χ1v) is 22.6. The maximum absolute atomic E-state index is 16.3. The van der Waals surface area contributed by atoms with E-state index in [0.29, 0.717) is 41.6 Å². The van der Waals surface area contributed by atoms with Crippen molar-refractivity contribution in [3.05, 3.63) is 82.2 Å². The van der Waals surface area contributed by atoms with E-state index in [1.54, 1.807) is 13.1 Å². The first-order chi connectivity index (χ1) is 30.8. The minimum Gasteiger partial charge on any atom is -0.367 e. The standard InChI is InChI=1S/C46H52F4N10O4/c1-55-42-32(4-2-6-37(42)60(45(55)64)38-14-15-41(61)53-44(38)63)31-16-17-56(26-33(31)47)24-27-8-10-30(11-9-27)59-25-28-22-36(52-43(62)34-5-3-7-40(51-34)46(48,49)50)39(23-35(28)54-59)58-20-18-57(19-21-58)29-12-13-29/h2-7,22-23,25,27,29-31,33,38H,8-21,24,26H2,1H3,(H,52,62)(H,53,61,63)/t27?,30?,31-,33+,38?/m0/s1. The van der Waals surface area contributed by atoms with E-state index in [1.165, 1.54) is 34.1 Å². The fourth-order valence-electron chi connectivity index (χ4n) is 10.7. The van der Waals surface area contributed by atoms with E-state index in [0.717, 1.165) is 86.6 Å². The van der Waals surface area contributed by atoms with Gasteiger partial charge in [-0.3, -0.25) is 38.4 Å². The van der Waals surface area contributed by atoms with Crippen LogP contribution in [0.15, 0.2) is 59.5 Å². The summed E-state index contributed by atoms with van der Waals surface area (Å²) in [4.78, 5) is 62.0. The van der Waals surface area contributed by atoms with Gasteiger partial charge < -0.3 is 15.1 Å². The van der Waals surface area contributed by atoms with E-state index in [1.807, 2.05) is 35.1 Å². The van der Waals surface area contributed by atoms with Gasteiger partial charge in [-0.05, 0) is 99.7 Å². The maximum Gasteiger partial charge on any atom is 0.433 e. The topological polar surface area (TPSA) is 143 Å². The summed E-state index contributed by atoms with van der Waals surface area (Å²) in [5, 5.41) is 11.1. The van der Waals surface area contributed by atoms with E-state index in [9.17, 15) is 32.3 Å². The molecule has 18 heteroatoms. The highest BCUT2D eigenvalue weighted by atomic mass is 19.4. The Bertz CT molecular complexity index is 2670. The minimum absolute atomic E-state index is 0.145. The second-order valence-electron chi connectivity index (χ2n) is 18.4. The predicted molar refractivity (Wildman–Crippen MR) is 232 cm³/mol. The molecule has 0 radical (unpaired) electrons. The number of imide groups is 1. The van der Waals surface area contributed by atoms with Gasteiger partial charge in [-0.25, -0.2) is 14.2 Å². The number of hydrogen-bond donors (Lipinski definition) is 2. The number of carbonyl (C=O) groups is 3. The van der Waals surface area contributed by atoms with Gasteiger partial charge in [0, 0.05) is 76.3 Å². The van der Waals surface area contributed by atoms with Crippen LogP contribution in [-0.2, 0) is 22.8 Å². The fraction of sp³-hybridized carbons (Fsp3) is 0.522. The van der Waals surface area contributed by atoms with Crippen molar-refractivity contribution in [3.63, 3.8) is 0 Å². The van der Waals surface area contributed by atoms with Gasteiger partial charge >= 0.3 is 11.9 Å². The zero-order chi connectivity index (χ0) is 44.4. The molecule has 10 rings (SSSR count). The highest BCUT2D eigenvalue weighted by Gasteiger charge is 2.38. The monoisotopic (exact) mass is 884 g/mol. The van der Waals surface area contributed by atoms with Gasteiger partial charge in [0.25, 0.3) is 5.91 Å². The summed E-state index contributed by atoms with van der Waals surface area (Å²) in [6.07, 6.45) is 3.25. The number of hydrogen-bond acceptors (Lipinski definition) is 9. The molecule has 5 aromatic rings. The van der Waals surface area contributed by atoms with Gasteiger partial charge in [0.2, 0.25) is 11.8 Å². The molecule has 14 nitrogen and oxygen atoms in total. The molecule has 5 fully saturated rings. The molecule has 0 bridgehead atoms. The summed E-state index contributed by atoms with van der Waals surface area (Å²) in [5.41, 5.74) is 2.19. The van der Waals surface area contributed by atoms with Crippen molar-refractivity contribution in [2.45, 2.75) is 94.2 Å². The Morgan fingerprint density at radius 1 is 0.891 bits per heavy atom. The number of piperazine rings is 1. The first kappa shape index (κ1) is 42.3. The van der Waals surface area contributed by atoms with Crippen LogP contribution in [0.1, 0.15) is 97.5 Å². The molecule has 3 atom stereocenters. The lowest BCUT2D eigenvalue weighted by Crippen LogP contribution is -2.47. The molecule has 3 aromatic heterocycles. The van der Waals surface area contributed by atoms with Gasteiger partial charge in [-0.1, -0.05) is 18.2 Å². The Kier molecular flexibility index (Phi) is 11.1. The van der Waals surface area contributed by atoms with Crippen molar-refractivity contribution in [1.29, 1.82) is 0 Å². The molecule has 64 heavy (non-hydrogen) atoms.